The van der Waals surface area contributed by atoms with E-state index in [4.69, 9.17) is 9.47 Å². The summed E-state index contributed by atoms with van der Waals surface area (Å²) < 4.78 is 13.0. The lowest BCUT2D eigenvalue weighted by Gasteiger charge is -2.08. The monoisotopic (exact) mass is 509 g/mol. The topological polar surface area (TPSA) is 71.0 Å². The minimum absolute atomic E-state index is 0.492. The summed E-state index contributed by atoms with van der Waals surface area (Å²) in [7, 11) is 3.18. The summed E-state index contributed by atoms with van der Waals surface area (Å²) in [5.74, 6) is 1.27. The quantitative estimate of drug-likeness (QED) is 0.209. The SMILES string of the molecule is CCn1c2ccccc2c2cc(/C=C/c3cc(C#N)c(/C=C/c4ccc(OC)c(OC)c4)cc3C#N)ccc21. The number of hydrogen-bond acceptors (Lipinski definition) is 4. The van der Waals surface area contributed by atoms with Crippen LogP contribution in [0.15, 0.2) is 72.8 Å². The Labute approximate surface area is 228 Å². The molecule has 0 aliphatic rings. The molecule has 0 saturated carbocycles. The molecule has 5 rings (SSSR count). The molecule has 190 valence electrons. The fraction of sp³-hybridized carbons (Fsp3) is 0.118. The van der Waals surface area contributed by atoms with Crippen LogP contribution in [-0.4, -0.2) is 18.8 Å². The Morgan fingerprint density at radius 3 is 1.87 bits per heavy atom. The highest BCUT2D eigenvalue weighted by Gasteiger charge is 2.10. The third-order valence-electron chi connectivity index (χ3n) is 6.89. The summed E-state index contributed by atoms with van der Waals surface area (Å²) in [5, 5.41) is 22.2. The van der Waals surface area contributed by atoms with Gasteiger partial charge in [-0.1, -0.05) is 54.6 Å². The number of aryl methyl sites for hydroxylation is 1. The first-order chi connectivity index (χ1) is 19.1. The molecule has 5 heteroatoms. The van der Waals surface area contributed by atoms with Crippen LogP contribution in [-0.2, 0) is 6.54 Å². The third kappa shape index (κ3) is 4.87. The number of aromatic nitrogens is 1. The van der Waals surface area contributed by atoms with Gasteiger partial charge in [0.05, 0.1) is 37.5 Å². The van der Waals surface area contributed by atoms with Gasteiger partial charge in [0.1, 0.15) is 0 Å². The van der Waals surface area contributed by atoms with Crippen molar-refractivity contribution in [1.82, 2.24) is 4.57 Å². The van der Waals surface area contributed by atoms with Gasteiger partial charge in [-0.25, -0.2) is 0 Å². The molecule has 0 atom stereocenters. The van der Waals surface area contributed by atoms with Gasteiger partial charge in [-0.05, 0) is 71.6 Å². The molecule has 0 N–H and O–H groups in total. The van der Waals surface area contributed by atoms with Gasteiger partial charge in [0.2, 0.25) is 0 Å². The van der Waals surface area contributed by atoms with Crippen molar-refractivity contribution in [3.8, 4) is 23.6 Å². The lowest BCUT2D eigenvalue weighted by atomic mass is 9.97. The van der Waals surface area contributed by atoms with Crippen LogP contribution in [0.3, 0.4) is 0 Å². The van der Waals surface area contributed by atoms with E-state index in [1.807, 2.05) is 42.5 Å². The Balaban J connectivity index is 1.48. The summed E-state index contributed by atoms with van der Waals surface area (Å²) >= 11 is 0. The average Bonchev–Trinajstić information content (AvgIpc) is 3.31. The molecule has 0 aliphatic carbocycles. The first kappa shape index (κ1) is 25.4. The second-order valence-corrected chi connectivity index (χ2v) is 9.07. The molecule has 0 saturated heterocycles. The standard InChI is InChI=1S/C34H27N3O2/c1-4-37-31-8-6-5-7-29(31)30-17-23(11-15-32(30)37)9-13-25-19-28(22-36)26(20-27(25)21-35)14-10-24-12-16-33(38-2)34(18-24)39-3/h5-20H,4H2,1-3H3/b13-9+,14-10+. The van der Waals surface area contributed by atoms with E-state index in [0.717, 1.165) is 17.7 Å². The Morgan fingerprint density at radius 1 is 0.667 bits per heavy atom. The molecule has 0 amide bonds. The Hall–Kier alpha value is -5.26. The zero-order valence-electron chi connectivity index (χ0n) is 22.1. The second-order valence-electron chi connectivity index (χ2n) is 9.07. The highest BCUT2D eigenvalue weighted by molar-refractivity contribution is 6.08. The van der Waals surface area contributed by atoms with E-state index in [0.29, 0.717) is 33.8 Å². The van der Waals surface area contributed by atoms with Crippen LogP contribution in [0.1, 0.15) is 40.3 Å². The highest BCUT2D eigenvalue weighted by atomic mass is 16.5. The fourth-order valence-corrected chi connectivity index (χ4v) is 4.95. The number of fused-ring (bicyclic) bond motifs is 3. The van der Waals surface area contributed by atoms with Gasteiger partial charge < -0.3 is 14.0 Å². The van der Waals surface area contributed by atoms with E-state index in [1.54, 1.807) is 26.4 Å². The predicted octanol–water partition coefficient (Wildman–Crippen LogP) is 7.92. The summed E-state index contributed by atoms with van der Waals surface area (Å²) in [6.07, 6.45) is 7.62. The molecule has 0 unspecified atom stereocenters. The molecule has 4 aromatic carbocycles. The Morgan fingerprint density at radius 2 is 1.26 bits per heavy atom. The molecule has 39 heavy (non-hydrogen) atoms. The summed E-state index contributed by atoms with van der Waals surface area (Å²) in [6, 6.07) is 28.5. The molecule has 1 aromatic heterocycles. The smallest absolute Gasteiger partial charge is 0.161 e. The summed E-state index contributed by atoms with van der Waals surface area (Å²) in [4.78, 5) is 0. The number of nitrogens with zero attached hydrogens (tertiary/aromatic N) is 3. The molecular weight excluding hydrogens is 482 g/mol. The van der Waals surface area contributed by atoms with Crippen molar-refractivity contribution in [2.45, 2.75) is 13.5 Å². The Kier molecular flexibility index (Phi) is 7.17. The number of benzene rings is 4. The predicted molar refractivity (Wildman–Crippen MR) is 158 cm³/mol. The molecule has 0 fully saturated rings. The maximum Gasteiger partial charge on any atom is 0.161 e. The number of ether oxygens (including phenoxy) is 2. The fourth-order valence-electron chi connectivity index (χ4n) is 4.95. The van der Waals surface area contributed by atoms with Crippen LogP contribution in [0.4, 0.5) is 0 Å². The number of hydrogen-bond donors (Lipinski definition) is 0. The van der Waals surface area contributed by atoms with Crippen molar-refractivity contribution in [3.05, 3.63) is 106 Å². The Bertz CT molecular complexity index is 1850. The van der Waals surface area contributed by atoms with Gasteiger partial charge in [0.15, 0.2) is 11.5 Å². The first-order valence-corrected chi connectivity index (χ1v) is 12.7. The molecule has 5 nitrogen and oxygen atoms in total. The zero-order chi connectivity index (χ0) is 27.4. The number of rotatable bonds is 7. The van der Waals surface area contributed by atoms with Crippen molar-refractivity contribution in [2.24, 2.45) is 0 Å². The van der Waals surface area contributed by atoms with Gasteiger partial charge in [-0.3, -0.25) is 0 Å². The second kappa shape index (κ2) is 11.0. The van der Waals surface area contributed by atoms with Crippen LogP contribution in [0.5, 0.6) is 11.5 Å². The van der Waals surface area contributed by atoms with Crippen molar-refractivity contribution >= 4 is 46.1 Å². The van der Waals surface area contributed by atoms with Crippen LogP contribution in [0, 0.1) is 22.7 Å². The van der Waals surface area contributed by atoms with E-state index < -0.39 is 0 Å². The van der Waals surface area contributed by atoms with Crippen LogP contribution < -0.4 is 9.47 Å². The van der Waals surface area contributed by atoms with Crippen molar-refractivity contribution in [3.63, 3.8) is 0 Å². The van der Waals surface area contributed by atoms with E-state index >= 15 is 0 Å². The lowest BCUT2D eigenvalue weighted by molar-refractivity contribution is 0.355. The molecular formula is C34H27N3O2. The summed E-state index contributed by atoms with van der Waals surface area (Å²) in [5.41, 5.74) is 6.71. The highest BCUT2D eigenvalue weighted by Crippen LogP contribution is 2.31. The van der Waals surface area contributed by atoms with Crippen molar-refractivity contribution < 1.29 is 9.47 Å². The minimum atomic E-state index is 0.492. The van der Waals surface area contributed by atoms with Gasteiger partial charge in [-0.15, -0.1) is 0 Å². The average molecular weight is 510 g/mol. The van der Waals surface area contributed by atoms with E-state index in [9.17, 15) is 10.5 Å². The first-order valence-electron chi connectivity index (χ1n) is 12.7. The summed E-state index contributed by atoms with van der Waals surface area (Å²) in [6.45, 7) is 3.05. The molecule has 1 heterocycles. The number of nitriles is 2. The van der Waals surface area contributed by atoms with Crippen LogP contribution in [0.25, 0.3) is 46.1 Å². The van der Waals surface area contributed by atoms with Gasteiger partial charge in [0, 0.05) is 28.4 Å². The number of methoxy groups -OCH3 is 2. The van der Waals surface area contributed by atoms with E-state index in [2.05, 4.69) is 66.1 Å². The molecule has 0 radical (unpaired) electrons. The van der Waals surface area contributed by atoms with E-state index in [-0.39, 0.29) is 0 Å². The normalized spacial score (nSPS) is 11.3. The number of para-hydroxylation sites is 1. The molecule has 0 aliphatic heterocycles. The zero-order valence-corrected chi connectivity index (χ0v) is 22.1. The largest absolute Gasteiger partial charge is 0.493 e. The maximum absolute atomic E-state index is 9.88. The lowest BCUT2D eigenvalue weighted by Crippen LogP contribution is -1.92. The molecule has 0 bridgehead atoms. The van der Waals surface area contributed by atoms with Crippen molar-refractivity contribution in [2.75, 3.05) is 14.2 Å². The van der Waals surface area contributed by atoms with Gasteiger partial charge in [-0.2, -0.15) is 10.5 Å². The van der Waals surface area contributed by atoms with Gasteiger partial charge in [0.25, 0.3) is 0 Å². The molecule has 0 spiro atoms. The van der Waals surface area contributed by atoms with E-state index in [1.165, 1.54) is 21.8 Å². The van der Waals surface area contributed by atoms with Crippen LogP contribution >= 0.6 is 0 Å². The maximum atomic E-state index is 9.88. The minimum Gasteiger partial charge on any atom is -0.493 e. The van der Waals surface area contributed by atoms with Gasteiger partial charge >= 0.3 is 0 Å². The third-order valence-corrected chi connectivity index (χ3v) is 6.89. The van der Waals surface area contributed by atoms with Crippen molar-refractivity contribution in [1.29, 1.82) is 10.5 Å². The molecule has 5 aromatic rings. The van der Waals surface area contributed by atoms with Crippen LogP contribution in [0.2, 0.25) is 0 Å².